The number of aliphatic hydroxyl groups excluding tert-OH is 1. The normalized spacial score (nSPS) is 8.70. The zero-order valence-electron chi connectivity index (χ0n) is 5.30. The van der Waals surface area contributed by atoms with Crippen molar-refractivity contribution in [2.24, 2.45) is 0 Å². The number of halogens is 1. The maximum atomic E-state index is 10.5. The molecule has 58 valence electrons. The summed E-state index contributed by atoms with van der Waals surface area (Å²) in [5.74, 6) is -0.709. The molecule has 0 aliphatic heterocycles. The maximum Gasteiger partial charge on any atom is 0.334 e. The highest BCUT2D eigenvalue weighted by atomic mass is 79.9. The molecule has 0 fully saturated rings. The van der Waals surface area contributed by atoms with Crippen LogP contribution in [0.2, 0.25) is 0 Å². The molecule has 2 N–H and O–H groups in total. The maximum absolute atomic E-state index is 10.5. The average molecular weight is 211 g/mol. The number of urea groups is 1. The lowest BCUT2D eigenvalue weighted by atomic mass is 10.6. The van der Waals surface area contributed by atoms with Crippen LogP contribution in [-0.4, -0.2) is 34.6 Å². The van der Waals surface area contributed by atoms with Gasteiger partial charge in [-0.25, -0.2) is 4.79 Å². The van der Waals surface area contributed by atoms with Crippen LogP contribution in [0.3, 0.4) is 0 Å². The summed E-state index contributed by atoms with van der Waals surface area (Å²) in [4.78, 5) is 21.0. The van der Waals surface area contributed by atoms with Gasteiger partial charge in [0, 0.05) is 7.05 Å². The first-order valence-electron chi connectivity index (χ1n) is 2.44. The molecular weight excluding hydrogens is 204 g/mol. The predicted octanol–water partition coefficient (Wildman–Crippen LogP) is -0.543. The summed E-state index contributed by atoms with van der Waals surface area (Å²) in [6, 6.07) is -0.612. The highest BCUT2D eigenvalue weighted by Gasteiger charge is 2.15. The van der Waals surface area contributed by atoms with Gasteiger partial charge in [0.25, 0.3) is 5.91 Å². The summed E-state index contributed by atoms with van der Waals surface area (Å²) in [6.07, 6.45) is 0. The Bertz CT molecular complexity index is 133. The lowest BCUT2D eigenvalue weighted by Gasteiger charge is -2.08. The Kier molecular flexibility index (Phi) is 3.97. The van der Waals surface area contributed by atoms with Gasteiger partial charge in [0.2, 0.25) is 0 Å². The topological polar surface area (TPSA) is 69.6 Å². The van der Waals surface area contributed by atoms with Crippen molar-refractivity contribution in [3.8, 4) is 0 Å². The Morgan fingerprint density at radius 1 is 1.70 bits per heavy atom. The second-order valence-corrected chi connectivity index (χ2v) is 2.10. The quantitative estimate of drug-likeness (QED) is 0.572. The van der Waals surface area contributed by atoms with Crippen molar-refractivity contribution in [3.05, 3.63) is 0 Å². The highest BCUT2D eigenvalue weighted by molar-refractivity contribution is 9.08. The van der Waals surface area contributed by atoms with Crippen LogP contribution in [0.4, 0.5) is 4.79 Å². The van der Waals surface area contributed by atoms with E-state index in [1.54, 1.807) is 0 Å². The van der Waals surface area contributed by atoms with Gasteiger partial charge in [-0.05, 0) is 0 Å². The summed E-state index contributed by atoms with van der Waals surface area (Å²) < 4.78 is 0.618. The smallest absolute Gasteiger partial charge is 0.334 e. The number of rotatable bonds is 1. The van der Waals surface area contributed by atoms with Gasteiger partial charge >= 0.3 is 6.03 Å². The average Bonchev–Trinajstić information content (AvgIpc) is 2.00. The fraction of sp³-hybridized carbons (Fsp3) is 0.500. The summed E-state index contributed by atoms with van der Waals surface area (Å²) in [5.41, 5.74) is 0. The molecule has 0 radical (unpaired) electrons. The number of carbonyl (C=O) groups excluding carboxylic acids is 2. The Balaban J connectivity index is 3.94. The molecule has 10 heavy (non-hydrogen) atoms. The molecule has 0 aromatic heterocycles. The fourth-order valence-corrected chi connectivity index (χ4v) is 0.563. The molecule has 0 saturated heterocycles. The molecule has 0 bridgehead atoms. The minimum Gasteiger partial charge on any atom is -0.386 e. The van der Waals surface area contributed by atoms with Crippen molar-refractivity contribution in [3.63, 3.8) is 0 Å². The van der Waals surface area contributed by atoms with Crippen molar-refractivity contribution < 1.29 is 14.7 Å². The first-order valence-corrected chi connectivity index (χ1v) is 3.15. The molecule has 0 rings (SSSR count). The molecule has 6 heteroatoms. The third-order valence-corrected chi connectivity index (χ3v) is 1.46. The number of amides is 3. The standard InChI is InChI=1S/C4H7BrN2O3/c1-6-4(10)7(5)3(9)2-8/h8H,2H2,1H3,(H,6,10). The zero-order valence-corrected chi connectivity index (χ0v) is 6.88. The third kappa shape index (κ3) is 2.32. The Labute approximate surface area is 66.3 Å². The summed E-state index contributed by atoms with van der Waals surface area (Å²) in [7, 11) is 1.38. The first-order chi connectivity index (χ1) is 4.63. The number of nitrogens with zero attached hydrogens (tertiary/aromatic N) is 1. The van der Waals surface area contributed by atoms with Crippen LogP contribution in [0.25, 0.3) is 0 Å². The van der Waals surface area contributed by atoms with Crippen LogP contribution in [0.15, 0.2) is 0 Å². The molecule has 0 aromatic carbocycles. The summed E-state index contributed by atoms with van der Waals surface area (Å²) in [5, 5.41) is 10.4. The van der Waals surface area contributed by atoms with Gasteiger partial charge < -0.3 is 10.4 Å². The zero-order chi connectivity index (χ0) is 8.15. The molecule has 3 amide bonds. The fourth-order valence-electron chi connectivity index (χ4n) is 0.273. The molecular formula is C4H7BrN2O3. The number of hydrogen-bond donors (Lipinski definition) is 2. The van der Waals surface area contributed by atoms with Gasteiger partial charge in [-0.15, -0.1) is 0 Å². The SMILES string of the molecule is CNC(=O)N(Br)C(=O)CO. The lowest BCUT2D eigenvalue weighted by molar-refractivity contribution is -0.126. The molecule has 0 aliphatic carbocycles. The summed E-state index contributed by atoms with van der Waals surface area (Å²) >= 11 is 2.64. The number of nitrogens with one attached hydrogen (secondary N) is 1. The first kappa shape index (κ1) is 9.38. The number of imide groups is 1. The molecule has 0 aliphatic rings. The summed E-state index contributed by atoms with van der Waals surface area (Å²) in [6.45, 7) is -0.696. The molecule has 5 nitrogen and oxygen atoms in total. The molecule has 0 saturated carbocycles. The van der Waals surface area contributed by atoms with E-state index in [9.17, 15) is 9.59 Å². The van der Waals surface area contributed by atoms with Crippen LogP contribution in [0, 0.1) is 0 Å². The largest absolute Gasteiger partial charge is 0.386 e. The Morgan fingerprint density at radius 2 is 2.20 bits per heavy atom. The van der Waals surface area contributed by atoms with Crippen molar-refractivity contribution in [2.45, 2.75) is 0 Å². The number of carbonyl (C=O) groups is 2. The minimum atomic E-state index is -0.709. The van der Waals surface area contributed by atoms with Crippen molar-refractivity contribution in [2.75, 3.05) is 13.7 Å². The van der Waals surface area contributed by atoms with Crippen LogP contribution < -0.4 is 5.32 Å². The van der Waals surface area contributed by atoms with E-state index in [0.29, 0.717) is 3.93 Å². The van der Waals surface area contributed by atoms with Gasteiger partial charge in [0.1, 0.15) is 6.61 Å². The van der Waals surface area contributed by atoms with Crippen molar-refractivity contribution in [1.29, 1.82) is 0 Å². The second-order valence-electron chi connectivity index (χ2n) is 1.39. The lowest BCUT2D eigenvalue weighted by Crippen LogP contribution is -2.36. The molecule has 0 heterocycles. The van der Waals surface area contributed by atoms with E-state index >= 15 is 0 Å². The molecule has 0 atom stereocenters. The van der Waals surface area contributed by atoms with Crippen LogP contribution >= 0.6 is 16.1 Å². The van der Waals surface area contributed by atoms with Crippen LogP contribution in [0.5, 0.6) is 0 Å². The molecule has 0 aromatic rings. The van der Waals surface area contributed by atoms with E-state index in [1.165, 1.54) is 7.05 Å². The highest BCUT2D eigenvalue weighted by Crippen LogP contribution is 1.97. The van der Waals surface area contributed by atoms with Gasteiger partial charge in [0.15, 0.2) is 0 Å². The Hall–Kier alpha value is -0.620. The Morgan fingerprint density at radius 3 is 2.50 bits per heavy atom. The minimum absolute atomic E-state index is 0.612. The van der Waals surface area contributed by atoms with E-state index in [-0.39, 0.29) is 0 Å². The number of aliphatic hydroxyl groups is 1. The van der Waals surface area contributed by atoms with E-state index in [4.69, 9.17) is 5.11 Å². The van der Waals surface area contributed by atoms with Gasteiger partial charge in [-0.1, -0.05) is 0 Å². The van der Waals surface area contributed by atoms with Gasteiger partial charge in [-0.3, -0.25) is 4.79 Å². The van der Waals surface area contributed by atoms with Crippen molar-refractivity contribution in [1.82, 2.24) is 9.24 Å². The van der Waals surface area contributed by atoms with Crippen LogP contribution in [0.1, 0.15) is 0 Å². The monoisotopic (exact) mass is 210 g/mol. The van der Waals surface area contributed by atoms with Gasteiger partial charge in [0.05, 0.1) is 16.1 Å². The van der Waals surface area contributed by atoms with E-state index in [0.717, 1.165) is 0 Å². The second kappa shape index (κ2) is 4.24. The predicted molar refractivity (Wildman–Crippen MR) is 37.3 cm³/mol. The third-order valence-electron chi connectivity index (χ3n) is 0.746. The van der Waals surface area contributed by atoms with Crippen molar-refractivity contribution >= 4 is 28.1 Å². The number of hydrogen-bond acceptors (Lipinski definition) is 3. The van der Waals surface area contributed by atoms with E-state index < -0.39 is 18.5 Å². The molecule has 0 unspecified atom stereocenters. The van der Waals surface area contributed by atoms with E-state index in [1.807, 2.05) is 0 Å². The van der Waals surface area contributed by atoms with E-state index in [2.05, 4.69) is 21.5 Å². The van der Waals surface area contributed by atoms with Gasteiger partial charge in [-0.2, -0.15) is 3.93 Å². The van der Waals surface area contributed by atoms with Crippen LogP contribution in [-0.2, 0) is 4.79 Å². The molecule has 0 spiro atoms.